The Morgan fingerprint density at radius 1 is 1.14 bits per heavy atom. The number of hydrogen-bond donors (Lipinski definition) is 2. The van der Waals surface area contributed by atoms with Gasteiger partial charge in [-0.2, -0.15) is 0 Å². The summed E-state index contributed by atoms with van der Waals surface area (Å²) in [6, 6.07) is 14.2. The molecule has 1 aliphatic rings. The summed E-state index contributed by atoms with van der Waals surface area (Å²) in [7, 11) is 0. The second-order valence-corrected chi connectivity index (χ2v) is 7.16. The van der Waals surface area contributed by atoms with Gasteiger partial charge in [0.1, 0.15) is 5.82 Å². The Labute approximate surface area is 162 Å². The molecule has 0 bridgehead atoms. The van der Waals surface area contributed by atoms with Crippen LogP contribution < -0.4 is 10.9 Å². The fraction of sp³-hybridized carbons (Fsp3) is 0.318. The summed E-state index contributed by atoms with van der Waals surface area (Å²) in [5, 5.41) is 13.5. The SMILES string of the molecule is O=C(NC[C@H](O)c1ccccc1)c1ccc2c(=O)n3c(nc2c1)CCCCC3. The number of rotatable bonds is 4. The third-order valence-electron chi connectivity index (χ3n) is 5.22. The number of fused-ring (bicyclic) bond motifs is 2. The van der Waals surface area contributed by atoms with Crippen LogP contribution >= 0.6 is 0 Å². The number of amides is 1. The summed E-state index contributed by atoms with van der Waals surface area (Å²) < 4.78 is 1.77. The first-order valence-electron chi connectivity index (χ1n) is 9.68. The van der Waals surface area contributed by atoms with E-state index >= 15 is 0 Å². The van der Waals surface area contributed by atoms with E-state index in [1.54, 1.807) is 22.8 Å². The first-order valence-corrected chi connectivity index (χ1v) is 9.68. The van der Waals surface area contributed by atoms with E-state index in [1.165, 1.54) is 0 Å². The van der Waals surface area contributed by atoms with Crippen molar-refractivity contribution in [3.8, 4) is 0 Å². The molecule has 0 saturated carbocycles. The number of carbonyl (C=O) groups excluding carboxylic acids is 1. The van der Waals surface area contributed by atoms with Gasteiger partial charge < -0.3 is 10.4 Å². The van der Waals surface area contributed by atoms with E-state index in [-0.39, 0.29) is 18.0 Å². The lowest BCUT2D eigenvalue weighted by Crippen LogP contribution is -2.29. The number of aliphatic hydroxyl groups excluding tert-OH is 1. The molecule has 2 heterocycles. The van der Waals surface area contributed by atoms with Crippen LogP contribution in [0.2, 0.25) is 0 Å². The van der Waals surface area contributed by atoms with E-state index in [0.29, 0.717) is 23.0 Å². The number of hydrogen-bond acceptors (Lipinski definition) is 4. The highest BCUT2D eigenvalue weighted by Crippen LogP contribution is 2.17. The lowest BCUT2D eigenvalue weighted by Gasteiger charge is -2.13. The van der Waals surface area contributed by atoms with Crippen molar-refractivity contribution in [1.82, 2.24) is 14.9 Å². The fourth-order valence-electron chi connectivity index (χ4n) is 3.64. The van der Waals surface area contributed by atoms with Crippen LogP contribution in [0.4, 0.5) is 0 Å². The molecule has 6 nitrogen and oxygen atoms in total. The number of nitrogens with one attached hydrogen (secondary N) is 1. The summed E-state index contributed by atoms with van der Waals surface area (Å²) >= 11 is 0. The predicted molar refractivity (Wildman–Crippen MR) is 107 cm³/mol. The van der Waals surface area contributed by atoms with Gasteiger partial charge in [0.05, 0.1) is 17.0 Å². The Hall–Kier alpha value is -2.99. The summed E-state index contributed by atoms with van der Waals surface area (Å²) in [6.07, 6.45) is 3.12. The topological polar surface area (TPSA) is 84.2 Å². The third-order valence-corrected chi connectivity index (χ3v) is 5.22. The highest BCUT2D eigenvalue weighted by atomic mass is 16.3. The molecule has 3 aromatic rings. The van der Waals surface area contributed by atoms with Gasteiger partial charge in [-0.05, 0) is 36.6 Å². The normalized spacial score (nSPS) is 14.9. The van der Waals surface area contributed by atoms with Crippen molar-refractivity contribution in [1.29, 1.82) is 0 Å². The minimum Gasteiger partial charge on any atom is -0.387 e. The van der Waals surface area contributed by atoms with Gasteiger partial charge >= 0.3 is 0 Å². The van der Waals surface area contributed by atoms with Crippen LogP contribution in [0.1, 0.15) is 47.1 Å². The molecule has 0 unspecified atom stereocenters. The van der Waals surface area contributed by atoms with Gasteiger partial charge in [0, 0.05) is 25.1 Å². The minimum absolute atomic E-state index is 0.0339. The van der Waals surface area contributed by atoms with Crippen molar-refractivity contribution in [3.05, 3.63) is 75.8 Å². The summed E-state index contributed by atoms with van der Waals surface area (Å²) in [5.41, 5.74) is 1.69. The molecule has 2 N–H and O–H groups in total. The lowest BCUT2D eigenvalue weighted by molar-refractivity contribution is 0.0916. The maximum atomic E-state index is 12.8. The zero-order valence-corrected chi connectivity index (χ0v) is 15.6. The van der Waals surface area contributed by atoms with E-state index in [9.17, 15) is 14.7 Å². The van der Waals surface area contributed by atoms with Crippen molar-refractivity contribution in [2.24, 2.45) is 0 Å². The molecule has 144 valence electrons. The molecule has 1 aliphatic heterocycles. The number of carbonyl (C=O) groups is 1. The Morgan fingerprint density at radius 3 is 2.79 bits per heavy atom. The molecule has 1 aromatic heterocycles. The number of aliphatic hydroxyl groups is 1. The van der Waals surface area contributed by atoms with Gasteiger partial charge in [0.25, 0.3) is 11.5 Å². The van der Waals surface area contributed by atoms with Crippen LogP contribution in [-0.4, -0.2) is 27.1 Å². The van der Waals surface area contributed by atoms with Crippen LogP contribution in [0.3, 0.4) is 0 Å². The van der Waals surface area contributed by atoms with Crippen LogP contribution in [-0.2, 0) is 13.0 Å². The molecule has 0 spiro atoms. The lowest BCUT2D eigenvalue weighted by atomic mass is 10.1. The van der Waals surface area contributed by atoms with Crippen molar-refractivity contribution in [2.45, 2.75) is 38.3 Å². The average molecular weight is 377 g/mol. The summed E-state index contributed by atoms with van der Waals surface area (Å²) in [6.45, 7) is 0.817. The second-order valence-electron chi connectivity index (χ2n) is 7.16. The highest BCUT2D eigenvalue weighted by molar-refractivity contribution is 5.97. The van der Waals surface area contributed by atoms with E-state index < -0.39 is 6.10 Å². The average Bonchev–Trinajstić information content (AvgIpc) is 2.98. The molecule has 6 heteroatoms. The molecule has 0 fully saturated rings. The first-order chi connectivity index (χ1) is 13.6. The molecule has 4 rings (SSSR count). The largest absolute Gasteiger partial charge is 0.387 e. The Kier molecular flexibility index (Phi) is 5.21. The van der Waals surface area contributed by atoms with Crippen molar-refractivity contribution in [2.75, 3.05) is 6.54 Å². The van der Waals surface area contributed by atoms with Gasteiger partial charge in [0.15, 0.2) is 0 Å². The summed E-state index contributed by atoms with van der Waals surface area (Å²) in [5.74, 6) is 0.501. The molecule has 2 aromatic carbocycles. The number of aromatic nitrogens is 2. The maximum absolute atomic E-state index is 12.8. The van der Waals surface area contributed by atoms with Gasteiger partial charge in [-0.3, -0.25) is 14.2 Å². The monoisotopic (exact) mass is 377 g/mol. The molecular formula is C22H23N3O3. The molecule has 0 radical (unpaired) electrons. The quantitative estimate of drug-likeness (QED) is 0.732. The molecule has 1 atom stereocenters. The second kappa shape index (κ2) is 7.94. The Balaban J connectivity index is 1.55. The summed E-state index contributed by atoms with van der Waals surface area (Å²) in [4.78, 5) is 29.9. The van der Waals surface area contributed by atoms with Gasteiger partial charge in [-0.25, -0.2) is 4.98 Å². The zero-order valence-electron chi connectivity index (χ0n) is 15.6. The van der Waals surface area contributed by atoms with E-state index in [2.05, 4.69) is 10.3 Å². The minimum atomic E-state index is -0.774. The first kappa shape index (κ1) is 18.4. The van der Waals surface area contributed by atoms with Crippen LogP contribution in [0.5, 0.6) is 0 Å². The van der Waals surface area contributed by atoms with Crippen LogP contribution in [0.15, 0.2) is 53.3 Å². The molecule has 1 amide bonds. The van der Waals surface area contributed by atoms with Gasteiger partial charge in [0.2, 0.25) is 0 Å². The number of benzene rings is 2. The third kappa shape index (κ3) is 3.68. The van der Waals surface area contributed by atoms with E-state index in [4.69, 9.17) is 0 Å². The van der Waals surface area contributed by atoms with E-state index in [1.807, 2.05) is 30.3 Å². The van der Waals surface area contributed by atoms with Gasteiger partial charge in [-0.1, -0.05) is 36.8 Å². The number of nitrogens with zero attached hydrogens (tertiary/aromatic N) is 2. The van der Waals surface area contributed by atoms with Crippen LogP contribution in [0.25, 0.3) is 10.9 Å². The smallest absolute Gasteiger partial charge is 0.261 e. The fourth-order valence-corrected chi connectivity index (χ4v) is 3.64. The van der Waals surface area contributed by atoms with Crippen LogP contribution in [0, 0.1) is 0 Å². The molecular weight excluding hydrogens is 354 g/mol. The zero-order chi connectivity index (χ0) is 19.5. The Bertz CT molecular complexity index is 1060. The van der Waals surface area contributed by atoms with Gasteiger partial charge in [-0.15, -0.1) is 0 Å². The van der Waals surface area contributed by atoms with Crippen molar-refractivity contribution in [3.63, 3.8) is 0 Å². The van der Waals surface area contributed by atoms with Crippen molar-refractivity contribution < 1.29 is 9.90 Å². The maximum Gasteiger partial charge on any atom is 0.261 e. The Morgan fingerprint density at radius 2 is 1.96 bits per heavy atom. The molecule has 0 saturated heterocycles. The van der Waals surface area contributed by atoms with Crippen molar-refractivity contribution >= 4 is 16.8 Å². The highest BCUT2D eigenvalue weighted by Gasteiger charge is 2.16. The molecule has 28 heavy (non-hydrogen) atoms. The van der Waals surface area contributed by atoms with E-state index in [0.717, 1.165) is 37.1 Å². The molecule has 0 aliphatic carbocycles. The standard InChI is InChI=1S/C22H23N3O3/c26-19(15-7-3-1-4-8-15)14-23-21(27)16-10-11-17-18(13-16)24-20-9-5-2-6-12-25(20)22(17)28/h1,3-4,7-8,10-11,13,19,26H,2,5-6,9,12,14H2,(H,23,27)/t19-/m0/s1. The predicted octanol–water partition coefficient (Wildman–Crippen LogP) is 2.59. The number of aryl methyl sites for hydroxylation is 1.